The van der Waals surface area contributed by atoms with E-state index in [4.69, 9.17) is 0 Å². The molecule has 1 unspecified atom stereocenters. The maximum absolute atomic E-state index is 4.55. The minimum atomic E-state index is 0.448. The van der Waals surface area contributed by atoms with Crippen LogP contribution in [-0.2, 0) is 12.8 Å². The van der Waals surface area contributed by atoms with Crippen LogP contribution in [0.2, 0.25) is 0 Å². The highest BCUT2D eigenvalue weighted by molar-refractivity contribution is 7.09. The Hall–Kier alpha value is -1.19. The largest absolute Gasteiger partial charge is 0.316 e. The molecule has 1 N–H and O–H groups in total. The van der Waals surface area contributed by atoms with E-state index in [1.807, 2.05) is 7.05 Å². The predicted molar refractivity (Wildman–Crippen MR) is 83.0 cm³/mol. The summed E-state index contributed by atoms with van der Waals surface area (Å²) in [7, 11) is 2.03. The molecule has 1 heterocycles. The fourth-order valence-electron chi connectivity index (χ4n) is 2.25. The van der Waals surface area contributed by atoms with E-state index in [1.165, 1.54) is 22.4 Å². The van der Waals surface area contributed by atoms with E-state index in [0.717, 1.165) is 17.8 Å². The second-order valence-corrected chi connectivity index (χ2v) is 6.23. The van der Waals surface area contributed by atoms with Crippen LogP contribution in [0.3, 0.4) is 0 Å². The number of benzene rings is 1. The fourth-order valence-corrected chi connectivity index (χ4v) is 2.87. The van der Waals surface area contributed by atoms with Gasteiger partial charge in [0, 0.05) is 17.8 Å². The maximum atomic E-state index is 4.55. The zero-order valence-corrected chi connectivity index (χ0v) is 13.0. The van der Waals surface area contributed by atoms with Gasteiger partial charge in [-0.15, -0.1) is 11.3 Å². The second kappa shape index (κ2) is 6.31. The number of rotatable bonds is 5. The van der Waals surface area contributed by atoms with Crippen molar-refractivity contribution in [1.82, 2.24) is 10.3 Å². The lowest BCUT2D eigenvalue weighted by Crippen LogP contribution is -2.30. The van der Waals surface area contributed by atoms with Gasteiger partial charge in [-0.2, -0.15) is 0 Å². The molecule has 0 amide bonds. The summed E-state index contributed by atoms with van der Waals surface area (Å²) in [5, 5.41) is 6.72. The summed E-state index contributed by atoms with van der Waals surface area (Å²) in [5.74, 6) is 0. The van der Waals surface area contributed by atoms with Gasteiger partial charge in [0.25, 0.3) is 0 Å². The van der Waals surface area contributed by atoms with Crippen LogP contribution in [0, 0.1) is 20.8 Å². The topological polar surface area (TPSA) is 24.9 Å². The minimum absolute atomic E-state index is 0.448. The zero-order chi connectivity index (χ0) is 13.8. The molecule has 3 heteroatoms. The van der Waals surface area contributed by atoms with E-state index < -0.39 is 0 Å². The van der Waals surface area contributed by atoms with Crippen LogP contribution in [0.5, 0.6) is 0 Å². The lowest BCUT2D eigenvalue weighted by Gasteiger charge is -2.16. The third kappa shape index (κ3) is 3.88. The van der Waals surface area contributed by atoms with Crippen LogP contribution >= 0.6 is 11.3 Å². The van der Waals surface area contributed by atoms with E-state index >= 15 is 0 Å². The van der Waals surface area contributed by atoms with E-state index in [-0.39, 0.29) is 0 Å². The number of nitrogens with zero attached hydrogens (tertiary/aromatic N) is 1. The number of likely N-dealkylation sites (N-methyl/N-ethyl adjacent to an activating group) is 1. The lowest BCUT2D eigenvalue weighted by molar-refractivity contribution is 0.551. The van der Waals surface area contributed by atoms with Gasteiger partial charge in [-0.1, -0.05) is 18.2 Å². The molecule has 0 aliphatic rings. The van der Waals surface area contributed by atoms with Gasteiger partial charge in [-0.05, 0) is 50.9 Å². The van der Waals surface area contributed by atoms with Gasteiger partial charge in [-0.25, -0.2) is 4.98 Å². The molecule has 0 saturated heterocycles. The Morgan fingerprint density at radius 2 is 1.95 bits per heavy atom. The molecular weight excluding hydrogens is 252 g/mol. The van der Waals surface area contributed by atoms with Crippen LogP contribution in [0.4, 0.5) is 0 Å². The molecule has 0 saturated carbocycles. The molecule has 2 aromatic rings. The first-order chi connectivity index (χ1) is 9.08. The van der Waals surface area contributed by atoms with Crippen LogP contribution < -0.4 is 5.32 Å². The van der Waals surface area contributed by atoms with Crippen molar-refractivity contribution in [3.63, 3.8) is 0 Å². The normalized spacial score (nSPS) is 12.6. The highest BCUT2D eigenvalue weighted by atomic mass is 32.1. The van der Waals surface area contributed by atoms with Crippen LogP contribution in [0.15, 0.2) is 23.6 Å². The van der Waals surface area contributed by atoms with Crippen molar-refractivity contribution < 1.29 is 0 Å². The molecule has 1 aromatic heterocycles. The summed E-state index contributed by atoms with van der Waals surface area (Å²) in [6, 6.07) is 7.19. The molecule has 0 fully saturated rings. The summed E-state index contributed by atoms with van der Waals surface area (Å²) in [4.78, 5) is 4.55. The Kier molecular flexibility index (Phi) is 4.72. The highest BCUT2D eigenvalue weighted by Gasteiger charge is 2.11. The first kappa shape index (κ1) is 14.2. The molecule has 0 bridgehead atoms. The number of hydrogen-bond donors (Lipinski definition) is 1. The molecular formula is C16H22N2S. The Bertz CT molecular complexity index is 545. The SMILES string of the molecule is CNC(Cc1ccc(C)c(C)c1)Cc1csc(C)n1. The second-order valence-electron chi connectivity index (χ2n) is 5.17. The van der Waals surface area contributed by atoms with E-state index in [9.17, 15) is 0 Å². The fraction of sp³-hybridized carbons (Fsp3) is 0.438. The summed E-state index contributed by atoms with van der Waals surface area (Å²) >= 11 is 1.73. The average molecular weight is 274 g/mol. The van der Waals surface area contributed by atoms with Crippen molar-refractivity contribution in [3.05, 3.63) is 51.0 Å². The van der Waals surface area contributed by atoms with E-state index in [2.05, 4.69) is 54.7 Å². The smallest absolute Gasteiger partial charge is 0.0897 e. The number of nitrogens with one attached hydrogen (secondary N) is 1. The van der Waals surface area contributed by atoms with Crippen molar-refractivity contribution in [2.45, 2.75) is 39.7 Å². The van der Waals surface area contributed by atoms with Gasteiger partial charge in [-0.3, -0.25) is 0 Å². The highest BCUT2D eigenvalue weighted by Crippen LogP contribution is 2.15. The maximum Gasteiger partial charge on any atom is 0.0897 e. The molecule has 19 heavy (non-hydrogen) atoms. The number of thiazole rings is 1. The molecule has 0 aliphatic carbocycles. The molecule has 0 spiro atoms. The number of aromatic nitrogens is 1. The monoisotopic (exact) mass is 274 g/mol. The summed E-state index contributed by atoms with van der Waals surface area (Å²) < 4.78 is 0. The van der Waals surface area contributed by atoms with Crippen molar-refractivity contribution in [2.75, 3.05) is 7.05 Å². The summed E-state index contributed by atoms with van der Waals surface area (Å²) in [6.07, 6.45) is 2.04. The Balaban J connectivity index is 2.04. The molecule has 102 valence electrons. The molecule has 2 rings (SSSR count). The van der Waals surface area contributed by atoms with Crippen molar-refractivity contribution >= 4 is 11.3 Å². The van der Waals surface area contributed by atoms with Crippen LogP contribution in [0.25, 0.3) is 0 Å². The first-order valence-corrected chi connectivity index (χ1v) is 7.61. The molecule has 0 radical (unpaired) electrons. The number of aryl methyl sites for hydroxylation is 3. The summed E-state index contributed by atoms with van der Waals surface area (Å²) in [5.41, 5.74) is 5.33. The Morgan fingerprint density at radius 1 is 1.16 bits per heavy atom. The molecule has 1 aromatic carbocycles. The minimum Gasteiger partial charge on any atom is -0.316 e. The van der Waals surface area contributed by atoms with Gasteiger partial charge < -0.3 is 5.32 Å². The third-order valence-electron chi connectivity index (χ3n) is 3.58. The summed E-state index contributed by atoms with van der Waals surface area (Å²) in [6.45, 7) is 6.40. The standard InChI is InChI=1S/C16H22N2S/c1-11-5-6-14(7-12(11)2)8-15(17-4)9-16-10-19-13(3)18-16/h5-7,10,15,17H,8-9H2,1-4H3. The molecule has 1 atom stereocenters. The van der Waals surface area contributed by atoms with Gasteiger partial charge in [0.2, 0.25) is 0 Å². The third-order valence-corrected chi connectivity index (χ3v) is 4.41. The van der Waals surface area contributed by atoms with Crippen molar-refractivity contribution in [2.24, 2.45) is 0 Å². The first-order valence-electron chi connectivity index (χ1n) is 6.73. The van der Waals surface area contributed by atoms with Gasteiger partial charge in [0.15, 0.2) is 0 Å². The van der Waals surface area contributed by atoms with Crippen LogP contribution in [0.1, 0.15) is 27.4 Å². The van der Waals surface area contributed by atoms with Crippen molar-refractivity contribution in [1.29, 1.82) is 0 Å². The average Bonchev–Trinajstić information content (AvgIpc) is 2.78. The number of hydrogen-bond acceptors (Lipinski definition) is 3. The quantitative estimate of drug-likeness (QED) is 0.903. The molecule has 0 aliphatic heterocycles. The predicted octanol–water partition coefficient (Wildman–Crippen LogP) is 3.44. The van der Waals surface area contributed by atoms with Crippen LogP contribution in [-0.4, -0.2) is 18.1 Å². The zero-order valence-electron chi connectivity index (χ0n) is 12.2. The van der Waals surface area contributed by atoms with Crippen molar-refractivity contribution in [3.8, 4) is 0 Å². The molecule has 2 nitrogen and oxygen atoms in total. The van der Waals surface area contributed by atoms with E-state index in [1.54, 1.807) is 11.3 Å². The van der Waals surface area contributed by atoms with Gasteiger partial charge in [0.1, 0.15) is 0 Å². The van der Waals surface area contributed by atoms with Gasteiger partial charge in [0.05, 0.1) is 10.7 Å². The van der Waals surface area contributed by atoms with Gasteiger partial charge >= 0.3 is 0 Å². The Labute approximate surface area is 119 Å². The lowest BCUT2D eigenvalue weighted by atomic mass is 9.99. The Morgan fingerprint density at radius 3 is 2.53 bits per heavy atom. The van der Waals surface area contributed by atoms with E-state index in [0.29, 0.717) is 6.04 Å².